The van der Waals surface area contributed by atoms with Gasteiger partial charge < -0.3 is 34.9 Å². The Labute approximate surface area is 190 Å². The van der Waals surface area contributed by atoms with Crippen LogP contribution in [-0.4, -0.2) is 75.8 Å². The molecule has 2 aliphatic heterocycles. The average molecular weight is 446 g/mol. The van der Waals surface area contributed by atoms with Gasteiger partial charge in [0.05, 0.1) is 45.0 Å². The molecule has 0 saturated carbocycles. The van der Waals surface area contributed by atoms with Crippen LogP contribution >= 0.6 is 0 Å². The van der Waals surface area contributed by atoms with E-state index in [1.807, 2.05) is 26.1 Å². The van der Waals surface area contributed by atoms with Gasteiger partial charge in [-0.3, -0.25) is 4.90 Å². The third kappa shape index (κ3) is 6.30. The summed E-state index contributed by atoms with van der Waals surface area (Å²) in [6, 6.07) is 3.87. The summed E-state index contributed by atoms with van der Waals surface area (Å²) in [5, 5.41) is 3.10. The van der Waals surface area contributed by atoms with Crippen molar-refractivity contribution in [2.24, 2.45) is 10.7 Å². The maximum Gasteiger partial charge on any atom is 0.242 e. The van der Waals surface area contributed by atoms with E-state index in [9.17, 15) is 0 Å². The van der Waals surface area contributed by atoms with Crippen molar-refractivity contribution in [3.05, 3.63) is 42.1 Å². The summed E-state index contributed by atoms with van der Waals surface area (Å²) in [6.45, 7) is 12.5. The maximum absolute atomic E-state index is 6.16. The molecule has 3 N–H and O–H groups in total. The van der Waals surface area contributed by atoms with Gasteiger partial charge in [-0.2, -0.15) is 0 Å². The SMILES string of the molecule is C=CNCC1=C(/N=C\N)Oc2cc(OCC)c(OCCCN3CCOCC3)cc2CN1C. The number of likely N-dealkylation sites (N-methyl/N-ethyl adjacent to an activating group) is 1. The molecule has 176 valence electrons. The van der Waals surface area contributed by atoms with Crippen LogP contribution in [-0.2, 0) is 11.3 Å². The van der Waals surface area contributed by atoms with Gasteiger partial charge in [-0.25, -0.2) is 4.99 Å². The number of nitrogens with one attached hydrogen (secondary N) is 1. The Morgan fingerprint density at radius 1 is 1.25 bits per heavy atom. The van der Waals surface area contributed by atoms with Crippen molar-refractivity contribution < 1.29 is 18.9 Å². The lowest BCUT2D eigenvalue weighted by atomic mass is 10.1. The Morgan fingerprint density at radius 2 is 2.03 bits per heavy atom. The van der Waals surface area contributed by atoms with E-state index in [4.69, 9.17) is 24.7 Å². The van der Waals surface area contributed by atoms with Crippen LogP contribution < -0.4 is 25.3 Å². The minimum absolute atomic E-state index is 0.435. The lowest BCUT2D eigenvalue weighted by Crippen LogP contribution is -2.37. The van der Waals surface area contributed by atoms with E-state index in [-0.39, 0.29) is 0 Å². The molecular weight excluding hydrogens is 410 g/mol. The molecule has 0 bridgehead atoms. The summed E-state index contributed by atoms with van der Waals surface area (Å²) in [7, 11) is 1.99. The molecule has 1 saturated heterocycles. The van der Waals surface area contributed by atoms with Gasteiger partial charge in [0.2, 0.25) is 5.88 Å². The molecule has 2 heterocycles. The number of rotatable bonds is 11. The standard InChI is InChI=1S/C23H35N5O4/c1-4-25-15-19-23(26-17-24)32-20-14-22(30-5-2)21(13-18(20)16-27(19)3)31-10-6-7-28-8-11-29-12-9-28/h4,13-14,17,25H,1,5-12,15-16H2,2-3H3,(H2,24,26). The predicted molar refractivity (Wildman–Crippen MR) is 125 cm³/mol. The van der Waals surface area contributed by atoms with Crippen molar-refractivity contribution in [3.8, 4) is 17.2 Å². The van der Waals surface area contributed by atoms with Crippen LogP contribution in [0.2, 0.25) is 0 Å². The topological polar surface area (TPSA) is 93.8 Å². The molecule has 9 heteroatoms. The number of hydrogen-bond acceptors (Lipinski definition) is 8. The molecule has 0 unspecified atom stereocenters. The Balaban J connectivity index is 1.75. The van der Waals surface area contributed by atoms with Crippen LogP contribution in [0, 0.1) is 0 Å². The third-order valence-corrected chi connectivity index (χ3v) is 5.33. The molecule has 0 spiro atoms. The third-order valence-electron chi connectivity index (χ3n) is 5.33. The fourth-order valence-corrected chi connectivity index (χ4v) is 3.70. The summed E-state index contributed by atoms with van der Waals surface area (Å²) in [4.78, 5) is 8.72. The number of ether oxygens (including phenoxy) is 4. The zero-order chi connectivity index (χ0) is 22.8. The van der Waals surface area contributed by atoms with Gasteiger partial charge in [-0.05, 0) is 25.6 Å². The number of aliphatic imine (C=N–C) groups is 1. The van der Waals surface area contributed by atoms with Gasteiger partial charge >= 0.3 is 0 Å². The molecule has 0 atom stereocenters. The van der Waals surface area contributed by atoms with E-state index in [0.717, 1.165) is 56.3 Å². The van der Waals surface area contributed by atoms with Gasteiger partial charge in [0, 0.05) is 44.9 Å². The smallest absolute Gasteiger partial charge is 0.242 e. The van der Waals surface area contributed by atoms with Crippen molar-refractivity contribution in [2.45, 2.75) is 19.9 Å². The Kier molecular flexibility index (Phi) is 9.06. The van der Waals surface area contributed by atoms with Gasteiger partial charge in [-0.1, -0.05) is 6.58 Å². The lowest BCUT2D eigenvalue weighted by Gasteiger charge is -2.26. The van der Waals surface area contributed by atoms with Crippen molar-refractivity contribution in [1.29, 1.82) is 0 Å². The van der Waals surface area contributed by atoms with Gasteiger partial charge in [-0.15, -0.1) is 0 Å². The first-order valence-corrected chi connectivity index (χ1v) is 11.1. The van der Waals surface area contributed by atoms with Crippen molar-refractivity contribution in [3.63, 3.8) is 0 Å². The van der Waals surface area contributed by atoms with Crippen LogP contribution in [0.4, 0.5) is 0 Å². The summed E-state index contributed by atoms with van der Waals surface area (Å²) < 4.78 is 23.6. The van der Waals surface area contributed by atoms with E-state index < -0.39 is 0 Å². The molecule has 2 aliphatic rings. The summed E-state index contributed by atoms with van der Waals surface area (Å²) in [6.07, 6.45) is 3.81. The number of nitrogens with two attached hydrogens (primary N) is 1. The first kappa shape index (κ1) is 23.7. The Morgan fingerprint density at radius 3 is 2.75 bits per heavy atom. The average Bonchev–Trinajstić information content (AvgIpc) is 2.92. The zero-order valence-electron chi connectivity index (χ0n) is 19.1. The molecule has 0 amide bonds. The van der Waals surface area contributed by atoms with Gasteiger partial charge in [0.1, 0.15) is 5.75 Å². The molecule has 0 radical (unpaired) electrons. The molecular formula is C23H35N5O4. The quantitative estimate of drug-likeness (QED) is 0.303. The number of hydrogen-bond donors (Lipinski definition) is 2. The fraction of sp³-hybridized carbons (Fsp3) is 0.522. The summed E-state index contributed by atoms with van der Waals surface area (Å²) >= 11 is 0. The first-order chi connectivity index (χ1) is 15.7. The lowest BCUT2D eigenvalue weighted by molar-refractivity contribution is 0.0357. The highest BCUT2D eigenvalue weighted by Gasteiger charge is 2.23. The summed E-state index contributed by atoms with van der Waals surface area (Å²) in [5.74, 6) is 2.49. The zero-order valence-corrected chi connectivity index (χ0v) is 19.1. The molecule has 1 fully saturated rings. The second-order valence-corrected chi connectivity index (χ2v) is 7.57. The van der Waals surface area contributed by atoms with E-state index in [1.165, 1.54) is 6.34 Å². The van der Waals surface area contributed by atoms with Crippen LogP contribution in [0.15, 0.2) is 41.5 Å². The molecule has 1 aromatic carbocycles. The second-order valence-electron chi connectivity index (χ2n) is 7.57. The molecule has 32 heavy (non-hydrogen) atoms. The van der Waals surface area contributed by atoms with Gasteiger partial charge in [0.15, 0.2) is 11.5 Å². The fourth-order valence-electron chi connectivity index (χ4n) is 3.70. The van der Waals surface area contributed by atoms with E-state index in [2.05, 4.69) is 26.7 Å². The normalized spacial score (nSPS) is 17.0. The van der Waals surface area contributed by atoms with Crippen LogP contribution in [0.1, 0.15) is 18.9 Å². The molecule has 1 aromatic rings. The molecule has 0 aliphatic carbocycles. The van der Waals surface area contributed by atoms with Crippen LogP contribution in [0.3, 0.4) is 0 Å². The van der Waals surface area contributed by atoms with E-state index in [0.29, 0.717) is 43.7 Å². The summed E-state index contributed by atoms with van der Waals surface area (Å²) in [5.41, 5.74) is 7.42. The minimum Gasteiger partial charge on any atom is -0.490 e. The predicted octanol–water partition coefficient (Wildman–Crippen LogP) is 1.90. The number of morpholine rings is 1. The van der Waals surface area contributed by atoms with E-state index in [1.54, 1.807) is 6.20 Å². The largest absolute Gasteiger partial charge is 0.490 e. The molecule has 3 rings (SSSR count). The highest BCUT2D eigenvalue weighted by molar-refractivity contribution is 5.55. The highest BCUT2D eigenvalue weighted by atomic mass is 16.5. The Bertz CT molecular complexity index is 821. The van der Waals surface area contributed by atoms with Crippen LogP contribution in [0.5, 0.6) is 17.2 Å². The monoisotopic (exact) mass is 445 g/mol. The maximum atomic E-state index is 6.16. The van der Waals surface area contributed by atoms with Crippen molar-refractivity contribution >= 4 is 6.34 Å². The van der Waals surface area contributed by atoms with E-state index >= 15 is 0 Å². The molecule has 0 aromatic heterocycles. The minimum atomic E-state index is 0.435. The second kappa shape index (κ2) is 12.2. The van der Waals surface area contributed by atoms with Crippen molar-refractivity contribution in [2.75, 3.05) is 59.7 Å². The number of fused-ring (bicyclic) bond motifs is 1. The Hall–Kier alpha value is -2.91. The first-order valence-electron chi connectivity index (χ1n) is 11.1. The highest BCUT2D eigenvalue weighted by Crippen LogP contribution is 2.39. The van der Waals surface area contributed by atoms with Gasteiger partial charge in [0.25, 0.3) is 0 Å². The van der Waals surface area contributed by atoms with Crippen molar-refractivity contribution in [1.82, 2.24) is 15.1 Å². The number of nitrogens with zero attached hydrogens (tertiary/aromatic N) is 3. The number of benzene rings is 1. The molecule has 9 nitrogen and oxygen atoms in total. The van der Waals surface area contributed by atoms with Crippen LogP contribution in [0.25, 0.3) is 0 Å².